The zero-order chi connectivity index (χ0) is 14.8. The third-order valence-corrected chi connectivity index (χ3v) is 3.83. The number of hydrogen-bond acceptors (Lipinski definition) is 2. The highest BCUT2D eigenvalue weighted by Gasteiger charge is 2.15. The molecule has 106 valence electrons. The summed E-state index contributed by atoms with van der Waals surface area (Å²) in [5.74, 6) is 0.932. The van der Waals surface area contributed by atoms with Gasteiger partial charge in [-0.25, -0.2) is 4.39 Å². The molecular weight excluding hydrogens is 357 g/mol. The molecule has 0 N–H and O–H groups in total. The number of hydrogen-bond donors (Lipinski definition) is 0. The minimum atomic E-state index is -0.452. The summed E-state index contributed by atoms with van der Waals surface area (Å²) in [6.45, 7) is 0. The molecule has 0 saturated heterocycles. The Morgan fingerprint density at radius 3 is 2.52 bits per heavy atom. The quantitative estimate of drug-likeness (QED) is 0.633. The Balaban J connectivity index is 2.20. The standard InChI is InChI=1S/C15H10BrClFN3/c16-9-14-19-20-15(10-6-7-13(18)12(17)8-10)21(14)11-4-2-1-3-5-11/h1-8H,9H2. The Hall–Kier alpha value is -1.72. The fraction of sp³-hybridized carbons (Fsp3) is 0.0667. The van der Waals surface area contributed by atoms with Crippen molar-refractivity contribution in [2.75, 3.05) is 0 Å². The molecule has 0 atom stereocenters. The van der Waals surface area contributed by atoms with Crippen molar-refractivity contribution in [2.45, 2.75) is 5.33 Å². The van der Waals surface area contributed by atoms with Gasteiger partial charge in [-0.05, 0) is 30.3 Å². The van der Waals surface area contributed by atoms with Gasteiger partial charge in [-0.3, -0.25) is 4.57 Å². The van der Waals surface area contributed by atoms with E-state index in [0.29, 0.717) is 16.7 Å². The van der Waals surface area contributed by atoms with Crippen LogP contribution in [-0.4, -0.2) is 14.8 Å². The molecule has 6 heteroatoms. The molecule has 21 heavy (non-hydrogen) atoms. The van der Waals surface area contributed by atoms with Gasteiger partial charge in [0.05, 0.1) is 10.4 Å². The van der Waals surface area contributed by atoms with Crippen LogP contribution in [0.5, 0.6) is 0 Å². The molecular formula is C15H10BrClFN3. The summed E-state index contributed by atoms with van der Waals surface area (Å²) >= 11 is 9.27. The Kier molecular flexibility index (Phi) is 4.03. The molecule has 0 aliphatic heterocycles. The molecule has 0 radical (unpaired) electrons. The molecule has 3 nitrogen and oxygen atoms in total. The number of halogens is 3. The summed E-state index contributed by atoms with van der Waals surface area (Å²) in [5.41, 5.74) is 1.65. The lowest BCUT2D eigenvalue weighted by Gasteiger charge is -2.09. The van der Waals surface area contributed by atoms with Crippen molar-refractivity contribution < 1.29 is 4.39 Å². The summed E-state index contributed by atoms with van der Waals surface area (Å²) < 4.78 is 15.2. The molecule has 3 aromatic rings. The molecule has 3 rings (SSSR count). The van der Waals surface area contributed by atoms with E-state index in [4.69, 9.17) is 11.6 Å². The Bertz CT molecular complexity index is 774. The molecule has 0 aliphatic rings. The second kappa shape index (κ2) is 5.95. The normalized spacial score (nSPS) is 10.8. The monoisotopic (exact) mass is 365 g/mol. The maximum atomic E-state index is 13.3. The number of rotatable bonds is 3. The maximum absolute atomic E-state index is 13.3. The highest BCUT2D eigenvalue weighted by atomic mass is 79.9. The van der Waals surface area contributed by atoms with Gasteiger partial charge in [-0.2, -0.15) is 0 Å². The lowest BCUT2D eigenvalue weighted by Crippen LogP contribution is -2.01. The highest BCUT2D eigenvalue weighted by molar-refractivity contribution is 9.08. The number of benzene rings is 2. The van der Waals surface area contributed by atoms with Crippen molar-refractivity contribution >= 4 is 27.5 Å². The minimum absolute atomic E-state index is 0.0653. The van der Waals surface area contributed by atoms with Gasteiger partial charge in [0, 0.05) is 11.3 Å². The zero-order valence-electron chi connectivity index (χ0n) is 10.8. The van der Waals surface area contributed by atoms with Gasteiger partial charge in [-0.15, -0.1) is 10.2 Å². The van der Waals surface area contributed by atoms with Crippen molar-refractivity contribution in [1.29, 1.82) is 0 Å². The number of aromatic nitrogens is 3. The predicted octanol–water partition coefficient (Wildman–Crippen LogP) is 4.62. The molecule has 0 spiro atoms. The molecule has 2 aromatic carbocycles. The van der Waals surface area contributed by atoms with Gasteiger partial charge >= 0.3 is 0 Å². The van der Waals surface area contributed by atoms with Gasteiger partial charge in [0.2, 0.25) is 0 Å². The second-order valence-corrected chi connectivity index (χ2v) is 5.34. The van der Waals surface area contributed by atoms with Crippen LogP contribution in [0.1, 0.15) is 5.82 Å². The molecule has 0 saturated carbocycles. The third kappa shape index (κ3) is 2.71. The van der Waals surface area contributed by atoms with Gasteiger partial charge in [0.15, 0.2) is 5.82 Å². The summed E-state index contributed by atoms with van der Waals surface area (Å²) in [7, 11) is 0. The number of alkyl halides is 1. The van der Waals surface area contributed by atoms with Crippen molar-refractivity contribution in [3.05, 3.63) is 65.2 Å². The molecule has 0 fully saturated rings. The summed E-state index contributed by atoms with van der Waals surface area (Å²) in [4.78, 5) is 0. The van der Waals surface area contributed by atoms with Crippen LogP contribution in [0.25, 0.3) is 17.1 Å². The SMILES string of the molecule is Fc1ccc(-c2nnc(CBr)n2-c2ccccc2)cc1Cl. The Morgan fingerprint density at radius 1 is 1.10 bits per heavy atom. The molecule has 0 unspecified atom stereocenters. The van der Waals surface area contributed by atoms with E-state index < -0.39 is 5.82 Å². The lowest BCUT2D eigenvalue weighted by atomic mass is 10.2. The number of para-hydroxylation sites is 1. The predicted molar refractivity (Wildman–Crippen MR) is 84.4 cm³/mol. The molecule has 0 aliphatic carbocycles. The van der Waals surface area contributed by atoms with Crippen LogP contribution in [0, 0.1) is 5.82 Å². The fourth-order valence-electron chi connectivity index (χ4n) is 2.07. The van der Waals surface area contributed by atoms with Gasteiger partial charge in [0.1, 0.15) is 11.6 Å². The van der Waals surface area contributed by atoms with E-state index in [-0.39, 0.29) is 5.02 Å². The first kappa shape index (κ1) is 14.2. The average molecular weight is 367 g/mol. The average Bonchev–Trinajstić information content (AvgIpc) is 2.95. The summed E-state index contributed by atoms with van der Waals surface area (Å²) in [5, 5.41) is 9.00. The van der Waals surface area contributed by atoms with Gasteiger partial charge in [-0.1, -0.05) is 45.7 Å². The molecule has 0 amide bonds. The van der Waals surface area contributed by atoms with Crippen molar-refractivity contribution in [2.24, 2.45) is 0 Å². The molecule has 0 bridgehead atoms. The van der Waals surface area contributed by atoms with Crippen LogP contribution >= 0.6 is 27.5 Å². The largest absolute Gasteiger partial charge is 0.278 e. The van der Waals surface area contributed by atoms with Gasteiger partial charge < -0.3 is 0 Å². The van der Waals surface area contributed by atoms with Crippen molar-refractivity contribution in [3.8, 4) is 17.1 Å². The smallest absolute Gasteiger partial charge is 0.168 e. The Morgan fingerprint density at radius 2 is 1.86 bits per heavy atom. The topological polar surface area (TPSA) is 30.7 Å². The van der Waals surface area contributed by atoms with Crippen LogP contribution < -0.4 is 0 Å². The van der Waals surface area contributed by atoms with Crippen molar-refractivity contribution in [3.63, 3.8) is 0 Å². The number of nitrogens with zero attached hydrogens (tertiary/aromatic N) is 3. The van der Waals surface area contributed by atoms with Crippen molar-refractivity contribution in [1.82, 2.24) is 14.8 Å². The zero-order valence-corrected chi connectivity index (χ0v) is 13.1. The van der Waals surface area contributed by atoms with E-state index in [9.17, 15) is 4.39 Å². The van der Waals surface area contributed by atoms with Crippen LogP contribution in [-0.2, 0) is 5.33 Å². The van der Waals surface area contributed by atoms with E-state index in [2.05, 4.69) is 26.1 Å². The van der Waals surface area contributed by atoms with Crippen LogP contribution in [0.3, 0.4) is 0 Å². The second-order valence-electron chi connectivity index (χ2n) is 4.37. The fourth-order valence-corrected chi connectivity index (χ4v) is 2.62. The molecule has 1 heterocycles. The van der Waals surface area contributed by atoms with Crippen LogP contribution in [0.2, 0.25) is 5.02 Å². The maximum Gasteiger partial charge on any atom is 0.168 e. The first-order chi connectivity index (χ1) is 10.2. The first-order valence-electron chi connectivity index (χ1n) is 6.22. The van der Waals surface area contributed by atoms with Crippen LogP contribution in [0.15, 0.2) is 48.5 Å². The summed E-state index contributed by atoms with van der Waals surface area (Å²) in [6.07, 6.45) is 0. The van der Waals surface area contributed by atoms with E-state index in [1.54, 1.807) is 12.1 Å². The molecule has 1 aromatic heterocycles. The van der Waals surface area contributed by atoms with E-state index in [1.807, 2.05) is 34.9 Å². The Labute approximate surface area is 134 Å². The van der Waals surface area contributed by atoms with Gasteiger partial charge in [0.25, 0.3) is 0 Å². The first-order valence-corrected chi connectivity index (χ1v) is 7.71. The van der Waals surface area contributed by atoms with E-state index in [0.717, 1.165) is 11.5 Å². The summed E-state index contributed by atoms with van der Waals surface area (Å²) in [6, 6.07) is 14.3. The van der Waals surface area contributed by atoms with E-state index in [1.165, 1.54) is 6.07 Å². The van der Waals surface area contributed by atoms with E-state index >= 15 is 0 Å². The third-order valence-electron chi connectivity index (χ3n) is 3.04. The highest BCUT2D eigenvalue weighted by Crippen LogP contribution is 2.27. The minimum Gasteiger partial charge on any atom is -0.278 e. The lowest BCUT2D eigenvalue weighted by molar-refractivity contribution is 0.628. The van der Waals surface area contributed by atoms with Crippen LogP contribution in [0.4, 0.5) is 4.39 Å².